The lowest BCUT2D eigenvalue weighted by molar-refractivity contribution is -0.145. The zero-order valence-corrected chi connectivity index (χ0v) is 30.0. The third-order valence-electron chi connectivity index (χ3n) is 7.72. The quantitative estimate of drug-likeness (QED) is 0.112. The van der Waals surface area contributed by atoms with E-state index >= 15 is 4.39 Å². The number of nitrogens with zero attached hydrogens (tertiary/aromatic N) is 1. The first-order chi connectivity index (χ1) is 21.9. The SMILES string of the molecule is CCOC(=O)COc1c(C(=O)CC(C)(C)C)sc(-c2ccc(F)c(N[C@@H]3CCN(S(=O)(=O)Cc4cccc(N)c4)C(C)(C)C3)c2)c1Cl. The monoisotopic (exact) mass is 707 g/mol. The van der Waals surface area contributed by atoms with Crippen LogP contribution in [0.1, 0.15) is 76.0 Å². The van der Waals surface area contributed by atoms with Gasteiger partial charge in [0.1, 0.15) is 15.7 Å². The number of esters is 1. The van der Waals surface area contributed by atoms with Crippen LogP contribution in [0.3, 0.4) is 0 Å². The summed E-state index contributed by atoms with van der Waals surface area (Å²) in [5.41, 5.74) is 6.70. The predicted molar refractivity (Wildman–Crippen MR) is 186 cm³/mol. The molecule has 13 heteroatoms. The van der Waals surface area contributed by atoms with E-state index in [9.17, 15) is 18.0 Å². The highest BCUT2D eigenvalue weighted by Gasteiger charge is 2.41. The van der Waals surface area contributed by atoms with Crippen molar-refractivity contribution < 1.29 is 31.9 Å². The van der Waals surface area contributed by atoms with Crippen LogP contribution in [0.25, 0.3) is 10.4 Å². The minimum atomic E-state index is -3.65. The fourth-order valence-electron chi connectivity index (χ4n) is 5.78. The zero-order chi connectivity index (χ0) is 34.7. The van der Waals surface area contributed by atoms with Gasteiger partial charge in [0.25, 0.3) is 0 Å². The van der Waals surface area contributed by atoms with Gasteiger partial charge < -0.3 is 20.5 Å². The van der Waals surface area contributed by atoms with Gasteiger partial charge in [0.05, 0.1) is 22.9 Å². The second-order valence-electron chi connectivity index (χ2n) is 13.6. The molecule has 2 aromatic carbocycles. The number of ketones is 1. The number of piperidine rings is 1. The van der Waals surface area contributed by atoms with Crippen LogP contribution >= 0.6 is 22.9 Å². The molecule has 4 rings (SSSR count). The van der Waals surface area contributed by atoms with Crippen molar-refractivity contribution in [2.24, 2.45) is 5.41 Å². The second kappa shape index (κ2) is 14.5. The molecule has 1 atom stereocenters. The molecule has 2 heterocycles. The molecule has 3 N–H and O–H groups in total. The van der Waals surface area contributed by atoms with Crippen molar-refractivity contribution >= 4 is 56.1 Å². The number of nitrogens with one attached hydrogen (secondary N) is 1. The number of thiophene rings is 1. The van der Waals surface area contributed by atoms with E-state index < -0.39 is 34.0 Å². The predicted octanol–water partition coefficient (Wildman–Crippen LogP) is 7.54. The Bertz CT molecular complexity index is 1740. The average molecular weight is 708 g/mol. The van der Waals surface area contributed by atoms with Crippen LogP contribution in [0.5, 0.6) is 5.75 Å². The van der Waals surface area contributed by atoms with Crippen LogP contribution in [0.2, 0.25) is 5.02 Å². The average Bonchev–Trinajstić information content (AvgIpc) is 3.27. The van der Waals surface area contributed by atoms with E-state index in [1.807, 2.05) is 34.6 Å². The van der Waals surface area contributed by atoms with Crippen molar-refractivity contribution in [1.29, 1.82) is 0 Å². The number of carbonyl (C=O) groups is 2. The lowest BCUT2D eigenvalue weighted by atomic mass is 9.89. The minimum absolute atomic E-state index is 0.0984. The highest BCUT2D eigenvalue weighted by atomic mass is 35.5. The van der Waals surface area contributed by atoms with E-state index in [1.165, 1.54) is 10.4 Å². The van der Waals surface area contributed by atoms with E-state index in [-0.39, 0.29) is 63.9 Å². The molecule has 0 radical (unpaired) electrons. The number of nitrogen functional groups attached to an aromatic ring is 1. The van der Waals surface area contributed by atoms with Gasteiger partial charge in [-0.05, 0) is 74.4 Å². The van der Waals surface area contributed by atoms with Gasteiger partial charge in [-0.1, -0.05) is 50.6 Å². The fraction of sp³-hybridized carbons (Fsp3) is 0.471. The number of anilines is 2. The summed E-state index contributed by atoms with van der Waals surface area (Å²) in [4.78, 5) is 26.1. The van der Waals surface area contributed by atoms with Crippen molar-refractivity contribution in [1.82, 2.24) is 4.31 Å². The molecule has 256 valence electrons. The molecule has 47 heavy (non-hydrogen) atoms. The lowest BCUT2D eigenvalue weighted by Gasteiger charge is -2.45. The van der Waals surface area contributed by atoms with Crippen molar-refractivity contribution in [3.63, 3.8) is 0 Å². The Morgan fingerprint density at radius 3 is 2.55 bits per heavy atom. The first kappa shape index (κ1) is 36.6. The van der Waals surface area contributed by atoms with Gasteiger partial charge in [0.2, 0.25) is 10.0 Å². The van der Waals surface area contributed by atoms with Crippen LogP contribution in [-0.4, -0.2) is 55.8 Å². The standard InChI is InChI=1S/C34H43ClFN3O6S2/c1-7-44-28(41)19-45-30-29(35)31(46-32(30)27(40)18-33(2,3)4)22-11-12-25(36)26(16-22)38-24-13-14-39(34(5,6)17-24)47(42,43)20-21-9-8-10-23(37)15-21/h8-12,15-16,24,38H,7,13-14,17-20,37H2,1-6H3/t24-/m1/s1. The fourth-order valence-corrected chi connectivity index (χ4v) is 9.25. The van der Waals surface area contributed by atoms with Crippen molar-refractivity contribution in [2.75, 3.05) is 30.8 Å². The van der Waals surface area contributed by atoms with E-state index in [0.717, 1.165) is 11.3 Å². The summed E-state index contributed by atoms with van der Waals surface area (Å²) in [6.07, 6.45) is 1.11. The molecule has 1 saturated heterocycles. The van der Waals surface area contributed by atoms with Crippen LogP contribution in [0.15, 0.2) is 42.5 Å². The molecular formula is C34H43ClFN3O6S2. The van der Waals surface area contributed by atoms with Gasteiger partial charge in [-0.15, -0.1) is 11.3 Å². The number of hydrogen-bond donors (Lipinski definition) is 2. The van der Waals surface area contributed by atoms with Gasteiger partial charge in [-0.3, -0.25) is 4.79 Å². The highest BCUT2D eigenvalue weighted by Crippen LogP contribution is 2.47. The van der Waals surface area contributed by atoms with Gasteiger partial charge in [-0.25, -0.2) is 17.6 Å². The summed E-state index contributed by atoms with van der Waals surface area (Å²) in [6.45, 7) is 11.3. The minimum Gasteiger partial charge on any atom is -0.479 e. The molecule has 3 aromatic rings. The topological polar surface area (TPSA) is 128 Å². The number of ether oxygens (including phenoxy) is 2. The normalized spacial score (nSPS) is 16.9. The molecule has 0 amide bonds. The molecule has 1 aliphatic heterocycles. The molecule has 1 aliphatic rings. The molecule has 1 fully saturated rings. The Kier molecular flexibility index (Phi) is 11.3. The number of hydrogen-bond acceptors (Lipinski definition) is 9. The molecule has 0 unspecified atom stereocenters. The number of carbonyl (C=O) groups excluding carboxylic acids is 2. The Balaban J connectivity index is 1.57. The summed E-state index contributed by atoms with van der Waals surface area (Å²) < 4.78 is 54.3. The third kappa shape index (κ3) is 9.25. The maximum atomic E-state index is 15.2. The summed E-state index contributed by atoms with van der Waals surface area (Å²) in [6, 6.07) is 11.1. The summed E-state index contributed by atoms with van der Waals surface area (Å²) in [7, 11) is -3.65. The molecule has 9 nitrogen and oxygen atoms in total. The Morgan fingerprint density at radius 2 is 1.91 bits per heavy atom. The van der Waals surface area contributed by atoms with Gasteiger partial charge >= 0.3 is 5.97 Å². The Hall–Kier alpha value is -3.19. The summed E-state index contributed by atoms with van der Waals surface area (Å²) in [5.74, 6) is -1.33. The number of nitrogens with two attached hydrogens (primary N) is 1. The van der Waals surface area contributed by atoms with Gasteiger partial charge in [0, 0.05) is 30.2 Å². The van der Waals surface area contributed by atoms with E-state index in [4.69, 9.17) is 26.8 Å². The first-order valence-corrected chi connectivity index (χ1v) is 18.3. The molecule has 0 bridgehead atoms. The molecule has 0 spiro atoms. The number of benzene rings is 2. The molecular weight excluding hydrogens is 665 g/mol. The zero-order valence-electron chi connectivity index (χ0n) is 27.6. The summed E-state index contributed by atoms with van der Waals surface area (Å²) >= 11 is 7.91. The number of sulfonamides is 1. The van der Waals surface area contributed by atoms with Crippen molar-refractivity contribution in [3.8, 4) is 16.2 Å². The van der Waals surface area contributed by atoms with Crippen LogP contribution in [0.4, 0.5) is 15.8 Å². The van der Waals surface area contributed by atoms with Crippen LogP contribution in [-0.2, 0) is 25.3 Å². The largest absolute Gasteiger partial charge is 0.479 e. The van der Waals surface area contributed by atoms with E-state index in [1.54, 1.807) is 43.3 Å². The van der Waals surface area contributed by atoms with E-state index in [0.29, 0.717) is 34.5 Å². The van der Waals surface area contributed by atoms with Gasteiger partial charge in [0.15, 0.2) is 18.1 Å². The number of halogens is 2. The summed E-state index contributed by atoms with van der Waals surface area (Å²) in [5, 5.41) is 3.43. The third-order valence-corrected chi connectivity index (χ3v) is 11.5. The smallest absolute Gasteiger partial charge is 0.344 e. The molecule has 0 saturated carbocycles. The lowest BCUT2D eigenvalue weighted by Crippen LogP contribution is -2.55. The maximum Gasteiger partial charge on any atom is 0.344 e. The van der Waals surface area contributed by atoms with E-state index in [2.05, 4.69) is 5.32 Å². The number of rotatable bonds is 12. The van der Waals surface area contributed by atoms with Crippen molar-refractivity contribution in [2.45, 2.75) is 78.1 Å². The Morgan fingerprint density at radius 1 is 1.19 bits per heavy atom. The van der Waals surface area contributed by atoms with Crippen LogP contribution in [0, 0.1) is 11.2 Å². The maximum absolute atomic E-state index is 15.2. The highest BCUT2D eigenvalue weighted by molar-refractivity contribution is 7.88. The molecule has 1 aromatic heterocycles. The molecule has 0 aliphatic carbocycles. The van der Waals surface area contributed by atoms with Gasteiger partial charge in [-0.2, -0.15) is 4.31 Å². The second-order valence-corrected chi connectivity index (χ2v) is 16.9. The van der Waals surface area contributed by atoms with Crippen LogP contribution < -0.4 is 15.8 Å². The first-order valence-electron chi connectivity index (χ1n) is 15.5. The number of Topliss-reactive ketones (excluding diaryl/α,β-unsaturated/α-hetero) is 1. The van der Waals surface area contributed by atoms with Crippen molar-refractivity contribution in [3.05, 3.63) is 63.7 Å². The Labute approximate surface area is 285 Å².